The predicted molar refractivity (Wildman–Crippen MR) is 157 cm³/mol. The van der Waals surface area contributed by atoms with Crippen molar-refractivity contribution in [2.45, 2.75) is 27.9 Å². The van der Waals surface area contributed by atoms with Crippen LogP contribution in [0.15, 0.2) is 109 Å². The highest BCUT2D eigenvalue weighted by molar-refractivity contribution is 7.41. The highest BCUT2D eigenvalue weighted by atomic mass is 31.1. The third kappa shape index (κ3) is 2.82. The second-order valence-electron chi connectivity index (χ2n) is 10.3. The Labute approximate surface area is 231 Å². The van der Waals surface area contributed by atoms with E-state index in [1.54, 1.807) is 24.3 Å². The molecular weight excluding hydrogens is 522 g/mol. The summed E-state index contributed by atoms with van der Waals surface area (Å²) in [6.07, 6.45) is -1.29. The largest absolute Gasteiger partial charge is 0.453 e. The number of benzene rings is 4. The topological polar surface area (TPSA) is 52.6 Å². The van der Waals surface area contributed by atoms with Crippen LogP contribution in [0.3, 0.4) is 0 Å². The molecule has 3 aliphatic carbocycles. The minimum Gasteiger partial charge on any atom is -0.453 e. The zero-order valence-electron chi connectivity index (χ0n) is 21.7. The van der Waals surface area contributed by atoms with Crippen molar-refractivity contribution >= 4 is 29.1 Å². The monoisotopic (exact) mass is 550 g/mol. The molecular formula is C33H28O4P2. The van der Waals surface area contributed by atoms with Crippen LogP contribution in [0.4, 0.5) is 0 Å². The number of hydrogen-bond donors (Lipinski definition) is 0. The second-order valence-corrected chi connectivity index (χ2v) is 12.9. The zero-order chi connectivity index (χ0) is 26.8. The molecule has 6 unspecified atom stereocenters. The van der Waals surface area contributed by atoms with Gasteiger partial charge in [0.1, 0.15) is 0 Å². The number of ether oxygens (including phenoxy) is 2. The molecule has 0 heterocycles. The molecule has 6 heteroatoms. The summed E-state index contributed by atoms with van der Waals surface area (Å²) in [6, 6.07) is 35.3. The smallest absolute Gasteiger partial charge is 0.338 e. The van der Waals surface area contributed by atoms with Gasteiger partial charge >= 0.3 is 11.9 Å². The Balaban J connectivity index is 1.46. The van der Waals surface area contributed by atoms with Gasteiger partial charge in [-0.1, -0.05) is 84.9 Å². The molecule has 3 aliphatic rings. The highest BCUT2D eigenvalue weighted by Crippen LogP contribution is 2.88. The van der Waals surface area contributed by atoms with Crippen LogP contribution in [0.25, 0.3) is 0 Å². The van der Waals surface area contributed by atoms with Gasteiger partial charge in [-0.15, -0.1) is 17.2 Å². The Bertz CT molecular complexity index is 1480. The van der Waals surface area contributed by atoms with Gasteiger partial charge in [0.2, 0.25) is 0 Å². The normalized spacial score (nSPS) is 29.6. The SMILES string of the molecule is CPC12c3ccccc3C13c1ccccc1C3(PC)C(OC(=O)c1ccccc1)C2OC(=O)c1ccccc1. The molecule has 0 bridgehead atoms. The maximum Gasteiger partial charge on any atom is 0.338 e. The lowest BCUT2D eigenvalue weighted by molar-refractivity contribution is -0.0382. The van der Waals surface area contributed by atoms with Gasteiger partial charge in [0, 0.05) is 0 Å². The Hall–Kier alpha value is -3.32. The molecule has 0 radical (unpaired) electrons. The molecule has 6 atom stereocenters. The van der Waals surface area contributed by atoms with Crippen LogP contribution in [0, 0.1) is 0 Å². The van der Waals surface area contributed by atoms with Gasteiger partial charge in [-0.05, 0) is 59.8 Å². The van der Waals surface area contributed by atoms with Crippen molar-refractivity contribution in [2.24, 2.45) is 0 Å². The van der Waals surface area contributed by atoms with Crippen molar-refractivity contribution < 1.29 is 19.1 Å². The second kappa shape index (κ2) is 8.85. The fourth-order valence-electron chi connectivity index (χ4n) is 7.82. The number of carbonyl (C=O) groups excluding carboxylic acids is 2. The molecule has 7 rings (SSSR count). The Morgan fingerprint density at radius 1 is 0.538 bits per heavy atom. The van der Waals surface area contributed by atoms with Gasteiger partial charge < -0.3 is 9.47 Å². The number of esters is 2. The third-order valence-corrected chi connectivity index (χ3v) is 12.5. The van der Waals surface area contributed by atoms with E-state index in [4.69, 9.17) is 9.47 Å². The number of hydrogen-bond acceptors (Lipinski definition) is 4. The van der Waals surface area contributed by atoms with E-state index in [1.807, 2.05) is 36.4 Å². The molecule has 1 fully saturated rings. The van der Waals surface area contributed by atoms with Gasteiger partial charge in [0.15, 0.2) is 12.2 Å². The van der Waals surface area contributed by atoms with E-state index >= 15 is 0 Å². The lowest BCUT2D eigenvalue weighted by atomic mass is 9.42. The average Bonchev–Trinajstić information content (AvgIpc) is 3.12. The first kappa shape index (κ1) is 24.7. The van der Waals surface area contributed by atoms with E-state index in [0.717, 1.165) is 0 Å². The molecule has 4 aromatic rings. The van der Waals surface area contributed by atoms with Crippen molar-refractivity contribution in [3.8, 4) is 0 Å². The first-order chi connectivity index (χ1) is 19.1. The molecule has 0 saturated heterocycles. The summed E-state index contributed by atoms with van der Waals surface area (Å²) in [4.78, 5) is 27.4. The fourth-order valence-corrected chi connectivity index (χ4v) is 11.6. The summed E-state index contributed by atoms with van der Waals surface area (Å²) in [5.74, 6) is -0.781. The lowest BCUT2D eigenvalue weighted by Gasteiger charge is -2.69. The Morgan fingerprint density at radius 3 is 1.23 bits per heavy atom. The lowest BCUT2D eigenvalue weighted by Crippen LogP contribution is -2.69. The van der Waals surface area contributed by atoms with Crippen LogP contribution >= 0.6 is 17.2 Å². The summed E-state index contributed by atoms with van der Waals surface area (Å²) in [7, 11) is 0.850. The predicted octanol–water partition coefficient (Wildman–Crippen LogP) is 6.47. The summed E-state index contributed by atoms with van der Waals surface area (Å²) in [6.45, 7) is 4.40. The number of carbonyl (C=O) groups is 2. The van der Waals surface area contributed by atoms with Gasteiger partial charge in [0.05, 0.1) is 26.9 Å². The quantitative estimate of drug-likeness (QED) is 0.204. The Morgan fingerprint density at radius 2 is 0.872 bits per heavy atom. The third-order valence-electron chi connectivity index (χ3n) is 9.10. The van der Waals surface area contributed by atoms with E-state index in [0.29, 0.717) is 28.3 Å². The summed E-state index contributed by atoms with van der Waals surface area (Å²) in [5, 5.41) is -0.986. The van der Waals surface area contributed by atoms with Crippen molar-refractivity contribution in [2.75, 3.05) is 13.3 Å². The van der Waals surface area contributed by atoms with Crippen LogP contribution in [-0.4, -0.2) is 37.5 Å². The highest BCUT2D eigenvalue weighted by Gasteiger charge is 2.89. The molecule has 194 valence electrons. The van der Waals surface area contributed by atoms with Gasteiger partial charge in [-0.2, -0.15) is 0 Å². The van der Waals surface area contributed by atoms with Gasteiger partial charge in [0.25, 0.3) is 0 Å². The van der Waals surface area contributed by atoms with Crippen LogP contribution in [-0.2, 0) is 25.2 Å². The van der Waals surface area contributed by atoms with E-state index < -0.39 is 39.9 Å². The van der Waals surface area contributed by atoms with Gasteiger partial charge in [-0.3, -0.25) is 0 Å². The molecule has 0 N–H and O–H groups in total. The van der Waals surface area contributed by atoms with Crippen LogP contribution in [0.5, 0.6) is 0 Å². The standard InChI is InChI=1S/C33H28O4P2/c1-38-32-25-19-11-9-17-23(25)31(32)24-18-10-12-20-26(24)33(31,39-2)28(37-30(35)22-15-7-4-8-16-22)27(32)36-29(34)21-13-5-3-6-14-21/h3-20,27-28,38-39H,1-2H3. The van der Waals surface area contributed by atoms with Crippen molar-refractivity contribution in [1.29, 1.82) is 0 Å². The average molecular weight is 551 g/mol. The summed E-state index contributed by atoms with van der Waals surface area (Å²) in [5.41, 5.74) is 5.53. The maximum absolute atomic E-state index is 13.7. The van der Waals surface area contributed by atoms with Crippen molar-refractivity contribution in [3.63, 3.8) is 0 Å². The minimum absolute atomic E-state index is 0.390. The minimum atomic E-state index is -0.643. The molecule has 4 nitrogen and oxygen atoms in total. The maximum atomic E-state index is 13.7. The fraction of sp³-hybridized carbons (Fsp3) is 0.212. The Kier molecular flexibility index (Phi) is 5.60. The summed E-state index contributed by atoms with van der Waals surface area (Å²) >= 11 is 0. The van der Waals surface area contributed by atoms with Crippen LogP contribution in [0.1, 0.15) is 43.0 Å². The molecule has 0 aliphatic heterocycles. The van der Waals surface area contributed by atoms with Crippen LogP contribution < -0.4 is 0 Å². The van der Waals surface area contributed by atoms with Gasteiger partial charge in [-0.25, -0.2) is 9.59 Å². The molecule has 1 spiro atoms. The van der Waals surface area contributed by atoms with E-state index in [9.17, 15) is 9.59 Å². The number of fused-ring (bicyclic) bond motifs is 4. The molecule has 39 heavy (non-hydrogen) atoms. The van der Waals surface area contributed by atoms with Crippen molar-refractivity contribution in [1.82, 2.24) is 0 Å². The van der Waals surface area contributed by atoms with E-state index in [2.05, 4.69) is 61.9 Å². The van der Waals surface area contributed by atoms with E-state index in [-0.39, 0.29) is 0 Å². The van der Waals surface area contributed by atoms with Crippen molar-refractivity contribution in [3.05, 3.63) is 143 Å². The molecule has 0 aromatic heterocycles. The van der Waals surface area contributed by atoms with E-state index in [1.165, 1.54) is 22.3 Å². The first-order valence-electron chi connectivity index (χ1n) is 13.2. The molecule has 4 aromatic carbocycles. The zero-order valence-corrected chi connectivity index (χ0v) is 23.7. The molecule has 1 saturated carbocycles. The number of rotatable bonds is 6. The van der Waals surface area contributed by atoms with Crippen LogP contribution in [0.2, 0.25) is 0 Å². The first-order valence-corrected chi connectivity index (χ1v) is 16.2. The summed E-state index contributed by atoms with van der Waals surface area (Å²) < 4.78 is 13.1. The molecule has 0 amide bonds.